The lowest BCUT2D eigenvalue weighted by molar-refractivity contribution is -0.313. The maximum atomic E-state index is 13.7. The van der Waals surface area contributed by atoms with Crippen LogP contribution in [-0.4, -0.2) is 33.6 Å². The standard InChI is InChI=1S/C16H16F4N2O2/c1-9-2-7-13-12(8-9)15(24,16(18,19)20)22(21-13)14(23)10-3-5-11(17)6-4-10/h3-6,9,12,24H,2,7-8H2,1H3/t9-,12+,15+/m1/s1. The molecule has 3 rings (SSSR count). The molecule has 1 fully saturated rings. The van der Waals surface area contributed by atoms with E-state index in [1.165, 1.54) is 0 Å². The van der Waals surface area contributed by atoms with Crippen molar-refractivity contribution in [3.63, 3.8) is 0 Å². The Labute approximate surface area is 135 Å². The van der Waals surface area contributed by atoms with Gasteiger partial charge in [-0.15, -0.1) is 0 Å². The van der Waals surface area contributed by atoms with Crippen molar-refractivity contribution < 1.29 is 27.5 Å². The highest BCUT2D eigenvalue weighted by molar-refractivity contribution is 5.99. The number of hydrazone groups is 1. The summed E-state index contributed by atoms with van der Waals surface area (Å²) in [4.78, 5) is 12.5. The van der Waals surface area contributed by atoms with Gasteiger partial charge >= 0.3 is 6.18 Å². The molecule has 1 aliphatic heterocycles. The van der Waals surface area contributed by atoms with Gasteiger partial charge in [0.1, 0.15) is 5.82 Å². The lowest BCUT2D eigenvalue weighted by atomic mass is 9.76. The molecule has 2 aliphatic rings. The third kappa shape index (κ3) is 2.49. The van der Waals surface area contributed by atoms with Crippen LogP contribution in [0.25, 0.3) is 0 Å². The Morgan fingerprint density at radius 1 is 1.33 bits per heavy atom. The predicted molar refractivity (Wildman–Crippen MR) is 77.5 cm³/mol. The first-order valence-electron chi connectivity index (χ1n) is 7.61. The molecule has 24 heavy (non-hydrogen) atoms. The quantitative estimate of drug-likeness (QED) is 0.795. The Kier molecular flexibility index (Phi) is 3.90. The second kappa shape index (κ2) is 5.54. The topological polar surface area (TPSA) is 52.9 Å². The van der Waals surface area contributed by atoms with Gasteiger partial charge in [-0.1, -0.05) is 6.92 Å². The number of amides is 1. The molecule has 1 amide bonds. The SMILES string of the molecule is C[C@@H]1CCC2=NN(C(=O)c3ccc(F)cc3)[C@@](O)(C(F)(F)F)[C@H]2C1. The third-order valence-electron chi connectivity index (χ3n) is 4.67. The molecule has 1 aromatic carbocycles. The number of hydrogen-bond acceptors (Lipinski definition) is 3. The van der Waals surface area contributed by atoms with E-state index in [2.05, 4.69) is 5.10 Å². The van der Waals surface area contributed by atoms with Crippen LogP contribution in [-0.2, 0) is 0 Å². The highest BCUT2D eigenvalue weighted by Crippen LogP contribution is 2.49. The van der Waals surface area contributed by atoms with Crippen LogP contribution in [0.1, 0.15) is 36.5 Å². The summed E-state index contributed by atoms with van der Waals surface area (Å²) in [5, 5.41) is 14.4. The summed E-state index contributed by atoms with van der Waals surface area (Å²) in [5.41, 5.74) is -3.36. The van der Waals surface area contributed by atoms with E-state index < -0.39 is 29.5 Å². The summed E-state index contributed by atoms with van der Waals surface area (Å²) in [5.74, 6) is -3.01. The summed E-state index contributed by atoms with van der Waals surface area (Å²) in [6.07, 6.45) is -4.00. The maximum Gasteiger partial charge on any atom is 0.439 e. The van der Waals surface area contributed by atoms with E-state index in [1.54, 1.807) is 6.92 Å². The molecular formula is C16H16F4N2O2. The average molecular weight is 344 g/mol. The molecule has 3 atom stereocenters. The fraction of sp³-hybridized carbons (Fsp3) is 0.500. The van der Waals surface area contributed by atoms with Crippen molar-refractivity contribution in [3.05, 3.63) is 35.6 Å². The summed E-state index contributed by atoms with van der Waals surface area (Å²) < 4.78 is 53.9. The second-order valence-corrected chi connectivity index (χ2v) is 6.37. The normalized spacial score (nSPS) is 30.1. The fourth-order valence-corrected chi connectivity index (χ4v) is 3.33. The second-order valence-electron chi connectivity index (χ2n) is 6.37. The minimum Gasteiger partial charge on any atom is -0.362 e. The van der Waals surface area contributed by atoms with Crippen molar-refractivity contribution in [1.29, 1.82) is 0 Å². The Morgan fingerprint density at radius 2 is 1.96 bits per heavy atom. The Balaban J connectivity index is 2.03. The molecular weight excluding hydrogens is 328 g/mol. The third-order valence-corrected chi connectivity index (χ3v) is 4.67. The summed E-state index contributed by atoms with van der Waals surface area (Å²) >= 11 is 0. The van der Waals surface area contributed by atoms with E-state index in [4.69, 9.17) is 0 Å². The predicted octanol–water partition coefficient (Wildman–Crippen LogP) is 3.32. The number of nitrogens with zero attached hydrogens (tertiary/aromatic N) is 2. The number of alkyl halides is 3. The van der Waals surface area contributed by atoms with Crippen molar-refractivity contribution >= 4 is 11.6 Å². The zero-order chi connectivity index (χ0) is 17.7. The highest BCUT2D eigenvalue weighted by atomic mass is 19.4. The van der Waals surface area contributed by atoms with Crippen LogP contribution < -0.4 is 0 Å². The molecule has 1 aliphatic carbocycles. The summed E-state index contributed by atoms with van der Waals surface area (Å²) in [6.45, 7) is 1.80. The van der Waals surface area contributed by atoms with Gasteiger partial charge in [-0.25, -0.2) is 4.39 Å². The van der Waals surface area contributed by atoms with Crippen LogP contribution >= 0.6 is 0 Å². The molecule has 0 saturated heterocycles. The van der Waals surface area contributed by atoms with Gasteiger partial charge in [-0.05, 0) is 49.4 Å². The molecule has 0 aromatic heterocycles. The number of hydrogen-bond donors (Lipinski definition) is 1. The maximum absolute atomic E-state index is 13.7. The minimum atomic E-state index is -5.06. The molecule has 0 bridgehead atoms. The van der Waals surface area contributed by atoms with Crippen molar-refractivity contribution in [2.45, 2.75) is 38.1 Å². The fourth-order valence-electron chi connectivity index (χ4n) is 3.33. The van der Waals surface area contributed by atoms with E-state index in [-0.39, 0.29) is 28.6 Å². The number of halogens is 4. The summed E-state index contributed by atoms with van der Waals surface area (Å²) in [7, 11) is 0. The number of carbonyl (C=O) groups excluding carboxylic acids is 1. The number of rotatable bonds is 1. The highest BCUT2D eigenvalue weighted by Gasteiger charge is 2.68. The van der Waals surface area contributed by atoms with Crippen molar-refractivity contribution in [3.8, 4) is 0 Å². The zero-order valence-corrected chi connectivity index (χ0v) is 12.8. The Bertz CT molecular complexity index is 686. The van der Waals surface area contributed by atoms with Crippen molar-refractivity contribution in [2.75, 3.05) is 0 Å². The molecule has 1 heterocycles. The Hall–Kier alpha value is -1.96. The summed E-state index contributed by atoms with van der Waals surface area (Å²) in [6, 6.07) is 4.08. The molecule has 130 valence electrons. The van der Waals surface area contributed by atoms with E-state index in [0.29, 0.717) is 12.8 Å². The lowest BCUT2D eigenvalue weighted by Crippen LogP contribution is -2.61. The first-order chi connectivity index (χ1) is 11.1. The van der Waals surface area contributed by atoms with Crippen LogP contribution in [0.15, 0.2) is 29.4 Å². The molecule has 0 radical (unpaired) electrons. The molecule has 0 unspecified atom stereocenters. The molecule has 1 aromatic rings. The van der Waals surface area contributed by atoms with Crippen LogP contribution in [0, 0.1) is 17.7 Å². The van der Waals surface area contributed by atoms with Gasteiger partial charge in [-0.2, -0.15) is 23.3 Å². The zero-order valence-electron chi connectivity index (χ0n) is 12.8. The largest absolute Gasteiger partial charge is 0.439 e. The van der Waals surface area contributed by atoms with E-state index in [9.17, 15) is 27.5 Å². The number of benzene rings is 1. The van der Waals surface area contributed by atoms with E-state index in [1.807, 2.05) is 0 Å². The molecule has 0 spiro atoms. The number of carbonyl (C=O) groups is 1. The molecule has 8 heteroatoms. The first kappa shape index (κ1) is 16.9. The van der Waals surface area contributed by atoms with Gasteiger partial charge in [0.05, 0.1) is 5.92 Å². The van der Waals surface area contributed by atoms with Crippen LogP contribution in [0.2, 0.25) is 0 Å². The minimum absolute atomic E-state index is 0.0105. The van der Waals surface area contributed by atoms with Gasteiger partial charge in [-0.3, -0.25) is 4.79 Å². The average Bonchev–Trinajstić information content (AvgIpc) is 2.81. The lowest BCUT2D eigenvalue weighted by Gasteiger charge is -2.39. The van der Waals surface area contributed by atoms with Gasteiger partial charge < -0.3 is 5.11 Å². The van der Waals surface area contributed by atoms with Gasteiger partial charge in [0.2, 0.25) is 0 Å². The smallest absolute Gasteiger partial charge is 0.362 e. The first-order valence-corrected chi connectivity index (χ1v) is 7.61. The van der Waals surface area contributed by atoms with Crippen LogP contribution in [0.4, 0.5) is 17.6 Å². The van der Waals surface area contributed by atoms with Gasteiger partial charge in [0.25, 0.3) is 11.6 Å². The van der Waals surface area contributed by atoms with E-state index >= 15 is 0 Å². The number of fused-ring (bicyclic) bond motifs is 1. The van der Waals surface area contributed by atoms with Crippen LogP contribution in [0.5, 0.6) is 0 Å². The van der Waals surface area contributed by atoms with Crippen molar-refractivity contribution in [2.24, 2.45) is 16.9 Å². The van der Waals surface area contributed by atoms with Gasteiger partial charge in [0, 0.05) is 11.3 Å². The monoisotopic (exact) mass is 344 g/mol. The molecule has 4 nitrogen and oxygen atoms in total. The van der Waals surface area contributed by atoms with Crippen molar-refractivity contribution in [1.82, 2.24) is 5.01 Å². The van der Waals surface area contributed by atoms with E-state index in [0.717, 1.165) is 24.3 Å². The van der Waals surface area contributed by atoms with Gasteiger partial charge in [0.15, 0.2) is 0 Å². The molecule has 1 saturated carbocycles. The molecule has 1 N–H and O–H groups in total. The Morgan fingerprint density at radius 3 is 2.54 bits per heavy atom. The number of aliphatic hydroxyl groups is 1. The van der Waals surface area contributed by atoms with Crippen LogP contribution in [0.3, 0.4) is 0 Å².